The number of nitriles is 1. The summed E-state index contributed by atoms with van der Waals surface area (Å²) in [5.74, 6) is 0. The van der Waals surface area contributed by atoms with Crippen LogP contribution in [0.2, 0.25) is 0 Å². The smallest absolute Gasteiger partial charge is 0.108 e. The molecule has 0 heterocycles. The van der Waals surface area contributed by atoms with Gasteiger partial charge in [0.1, 0.15) is 5.41 Å². The van der Waals surface area contributed by atoms with Gasteiger partial charge in [-0.25, -0.2) is 0 Å². The molecule has 0 aliphatic carbocycles. The van der Waals surface area contributed by atoms with Crippen LogP contribution in [-0.4, -0.2) is 13.1 Å². The van der Waals surface area contributed by atoms with Gasteiger partial charge >= 0.3 is 0 Å². The molecule has 0 spiro atoms. The highest BCUT2D eigenvalue weighted by Crippen LogP contribution is 2.34. The highest BCUT2D eigenvalue weighted by atomic mass is 14.8. The maximum absolute atomic E-state index is 10.1. The molecule has 3 aromatic rings. The summed E-state index contributed by atoms with van der Waals surface area (Å²) in [6, 6.07) is 33.3. The Balaban J connectivity index is 1.70. The molecule has 0 aliphatic heterocycles. The van der Waals surface area contributed by atoms with Crippen LogP contribution in [0.4, 0.5) is 0 Å². The summed E-state index contributed by atoms with van der Waals surface area (Å²) in [6.45, 7) is 1.71. The van der Waals surface area contributed by atoms with E-state index < -0.39 is 5.41 Å². The Kier molecular flexibility index (Phi) is 6.19. The van der Waals surface area contributed by atoms with Gasteiger partial charge in [0.15, 0.2) is 0 Å². The first-order valence-electron chi connectivity index (χ1n) is 9.12. The van der Waals surface area contributed by atoms with Crippen molar-refractivity contribution in [3.8, 4) is 6.07 Å². The molecule has 3 aromatic carbocycles. The predicted molar refractivity (Wildman–Crippen MR) is 107 cm³/mol. The topological polar surface area (TPSA) is 35.8 Å². The molecular formula is C24H24N2. The second kappa shape index (κ2) is 8.99. The van der Waals surface area contributed by atoms with E-state index in [2.05, 4.69) is 59.9 Å². The molecule has 0 bridgehead atoms. The molecule has 0 amide bonds. The van der Waals surface area contributed by atoms with Gasteiger partial charge in [-0.3, -0.25) is 0 Å². The molecule has 1 N–H and O–H groups in total. The first-order valence-corrected chi connectivity index (χ1v) is 9.12. The van der Waals surface area contributed by atoms with Crippen LogP contribution in [0.5, 0.6) is 0 Å². The molecule has 0 aliphatic rings. The third-order valence-corrected chi connectivity index (χ3v) is 4.83. The fraction of sp³-hybridized carbons (Fsp3) is 0.208. The van der Waals surface area contributed by atoms with E-state index in [1.54, 1.807) is 0 Å². The minimum Gasteiger partial charge on any atom is -0.316 e. The molecule has 0 saturated carbocycles. The van der Waals surface area contributed by atoms with Crippen LogP contribution in [0.3, 0.4) is 0 Å². The zero-order valence-corrected chi connectivity index (χ0v) is 14.9. The van der Waals surface area contributed by atoms with Crippen molar-refractivity contribution in [2.45, 2.75) is 18.3 Å². The molecule has 0 saturated heterocycles. The Bertz CT molecular complexity index is 781. The summed E-state index contributed by atoms with van der Waals surface area (Å²) in [5.41, 5.74) is 2.82. The monoisotopic (exact) mass is 340 g/mol. The van der Waals surface area contributed by atoms with Gasteiger partial charge in [0.25, 0.3) is 0 Å². The van der Waals surface area contributed by atoms with E-state index in [0.717, 1.165) is 37.1 Å². The zero-order chi connectivity index (χ0) is 18.1. The molecule has 0 radical (unpaired) electrons. The molecule has 130 valence electrons. The average Bonchev–Trinajstić information content (AvgIpc) is 2.73. The maximum atomic E-state index is 10.1. The Hall–Kier alpha value is -2.89. The third kappa shape index (κ3) is 4.20. The molecule has 0 unspecified atom stereocenters. The van der Waals surface area contributed by atoms with Crippen LogP contribution in [-0.2, 0) is 11.8 Å². The Labute approximate surface area is 156 Å². The van der Waals surface area contributed by atoms with Gasteiger partial charge in [-0.05, 0) is 42.6 Å². The van der Waals surface area contributed by atoms with Crippen molar-refractivity contribution in [3.63, 3.8) is 0 Å². The predicted octanol–water partition coefficient (Wildman–Crippen LogP) is 4.72. The Morgan fingerprint density at radius 3 is 1.69 bits per heavy atom. The zero-order valence-electron chi connectivity index (χ0n) is 14.9. The number of hydrogen-bond donors (Lipinski definition) is 1. The molecule has 0 aromatic heterocycles. The molecule has 0 fully saturated rings. The van der Waals surface area contributed by atoms with E-state index in [4.69, 9.17) is 0 Å². The largest absolute Gasteiger partial charge is 0.316 e. The average molecular weight is 340 g/mol. The van der Waals surface area contributed by atoms with Gasteiger partial charge in [-0.15, -0.1) is 0 Å². The fourth-order valence-corrected chi connectivity index (χ4v) is 3.36. The number of rotatable bonds is 8. The number of benzene rings is 3. The van der Waals surface area contributed by atoms with Crippen molar-refractivity contribution in [3.05, 3.63) is 108 Å². The van der Waals surface area contributed by atoms with E-state index in [-0.39, 0.29) is 0 Å². The van der Waals surface area contributed by atoms with Gasteiger partial charge in [0.05, 0.1) is 6.07 Å². The van der Waals surface area contributed by atoms with Crippen molar-refractivity contribution < 1.29 is 0 Å². The van der Waals surface area contributed by atoms with Crippen molar-refractivity contribution in [1.29, 1.82) is 5.26 Å². The second-order valence-corrected chi connectivity index (χ2v) is 6.48. The van der Waals surface area contributed by atoms with Crippen LogP contribution in [0, 0.1) is 11.3 Å². The summed E-state index contributed by atoms with van der Waals surface area (Å²) in [4.78, 5) is 0. The van der Waals surface area contributed by atoms with Gasteiger partial charge in [-0.1, -0.05) is 91.0 Å². The normalized spacial score (nSPS) is 11.0. The lowest BCUT2D eigenvalue weighted by Crippen LogP contribution is -2.31. The van der Waals surface area contributed by atoms with Crippen molar-refractivity contribution in [2.75, 3.05) is 13.1 Å². The lowest BCUT2D eigenvalue weighted by atomic mass is 9.73. The van der Waals surface area contributed by atoms with E-state index >= 15 is 0 Å². The van der Waals surface area contributed by atoms with Crippen molar-refractivity contribution in [1.82, 2.24) is 5.32 Å². The molecule has 0 atom stereocenters. The summed E-state index contributed by atoms with van der Waals surface area (Å²) in [5, 5.41) is 13.7. The highest BCUT2D eigenvalue weighted by molar-refractivity contribution is 5.45. The lowest BCUT2D eigenvalue weighted by molar-refractivity contribution is 0.543. The summed E-state index contributed by atoms with van der Waals surface area (Å²) >= 11 is 0. The summed E-state index contributed by atoms with van der Waals surface area (Å²) in [7, 11) is 0. The lowest BCUT2D eigenvalue weighted by Gasteiger charge is -2.28. The van der Waals surface area contributed by atoms with Crippen LogP contribution in [0.25, 0.3) is 0 Å². The van der Waals surface area contributed by atoms with Gasteiger partial charge in [0, 0.05) is 0 Å². The Morgan fingerprint density at radius 2 is 1.19 bits per heavy atom. The molecule has 2 heteroatoms. The minimum absolute atomic E-state index is 0.623. The fourth-order valence-electron chi connectivity index (χ4n) is 3.36. The minimum atomic E-state index is -0.623. The van der Waals surface area contributed by atoms with Crippen molar-refractivity contribution in [2.24, 2.45) is 0 Å². The Morgan fingerprint density at radius 1 is 0.692 bits per heavy atom. The second-order valence-electron chi connectivity index (χ2n) is 6.48. The van der Waals surface area contributed by atoms with Crippen LogP contribution < -0.4 is 5.32 Å². The third-order valence-electron chi connectivity index (χ3n) is 4.83. The van der Waals surface area contributed by atoms with Crippen molar-refractivity contribution >= 4 is 0 Å². The number of nitrogens with zero attached hydrogens (tertiary/aromatic N) is 1. The first-order chi connectivity index (χ1) is 12.8. The SMILES string of the molecule is N#CC(CCNCCc1ccccc1)(c1ccccc1)c1ccccc1. The van der Waals surface area contributed by atoms with Crippen LogP contribution in [0.1, 0.15) is 23.1 Å². The summed E-state index contributed by atoms with van der Waals surface area (Å²) in [6.07, 6.45) is 1.74. The van der Waals surface area contributed by atoms with E-state index in [1.807, 2.05) is 42.5 Å². The van der Waals surface area contributed by atoms with Crippen LogP contribution >= 0.6 is 0 Å². The van der Waals surface area contributed by atoms with Crippen LogP contribution in [0.15, 0.2) is 91.0 Å². The molecule has 26 heavy (non-hydrogen) atoms. The molecule has 2 nitrogen and oxygen atoms in total. The quantitative estimate of drug-likeness (QED) is 0.602. The van der Waals surface area contributed by atoms with E-state index in [1.165, 1.54) is 5.56 Å². The maximum Gasteiger partial charge on any atom is 0.108 e. The molecular weight excluding hydrogens is 316 g/mol. The van der Waals surface area contributed by atoms with E-state index in [0.29, 0.717) is 0 Å². The van der Waals surface area contributed by atoms with Gasteiger partial charge in [-0.2, -0.15) is 5.26 Å². The van der Waals surface area contributed by atoms with E-state index in [9.17, 15) is 5.26 Å². The summed E-state index contributed by atoms with van der Waals surface area (Å²) < 4.78 is 0. The first kappa shape index (κ1) is 17.9. The standard InChI is InChI=1S/C24H24N2/c25-20-24(22-12-6-2-7-13-22,23-14-8-3-9-15-23)17-19-26-18-16-21-10-4-1-5-11-21/h1-15,26H,16-19H2. The number of nitrogens with one attached hydrogen (secondary N) is 1. The number of hydrogen-bond acceptors (Lipinski definition) is 2. The highest BCUT2D eigenvalue weighted by Gasteiger charge is 2.33. The van der Waals surface area contributed by atoms with Gasteiger partial charge < -0.3 is 5.32 Å². The molecule has 3 rings (SSSR count). The van der Waals surface area contributed by atoms with Gasteiger partial charge in [0.2, 0.25) is 0 Å².